The summed E-state index contributed by atoms with van der Waals surface area (Å²) in [7, 11) is 1.57. The minimum atomic E-state index is -0.212. The lowest BCUT2D eigenvalue weighted by Gasteiger charge is -2.25. The molecule has 178 valence electrons. The van der Waals surface area contributed by atoms with E-state index in [0.717, 1.165) is 16.4 Å². The Bertz CT molecular complexity index is 1600. The summed E-state index contributed by atoms with van der Waals surface area (Å²) in [5.74, 6) is 0.848. The van der Waals surface area contributed by atoms with Crippen LogP contribution in [0.4, 0.5) is 5.69 Å². The second-order valence-corrected chi connectivity index (χ2v) is 8.72. The number of anilines is 1. The number of methoxy groups -OCH3 is 1. The van der Waals surface area contributed by atoms with Gasteiger partial charge in [-0.25, -0.2) is 4.98 Å². The van der Waals surface area contributed by atoms with Gasteiger partial charge in [0, 0.05) is 22.9 Å². The number of hydrogen-bond donors (Lipinski definition) is 2. The number of furan rings is 1. The average Bonchev–Trinajstić information content (AvgIpc) is 3.20. The second-order valence-electron chi connectivity index (χ2n) is 8.72. The Morgan fingerprint density at radius 1 is 1.06 bits per heavy atom. The fraction of sp³-hybridized carbons (Fsp3) is 0.222. The van der Waals surface area contributed by atoms with Gasteiger partial charge >= 0.3 is 0 Å². The minimum absolute atomic E-state index is 0.0391. The quantitative estimate of drug-likeness (QED) is 0.358. The second kappa shape index (κ2) is 9.23. The Balaban J connectivity index is 1.38. The molecule has 0 aliphatic heterocycles. The van der Waals surface area contributed by atoms with Crippen LogP contribution >= 0.6 is 0 Å². The topological polar surface area (TPSA) is 100 Å². The molecule has 5 aromatic rings. The third-order valence-corrected chi connectivity index (χ3v) is 6.06. The lowest BCUT2D eigenvalue weighted by molar-refractivity contribution is -0.117. The number of carbonyl (C=O) groups is 1. The van der Waals surface area contributed by atoms with E-state index < -0.39 is 0 Å². The van der Waals surface area contributed by atoms with Gasteiger partial charge in [0.1, 0.15) is 22.7 Å². The highest BCUT2D eigenvalue weighted by atomic mass is 16.5. The third-order valence-electron chi connectivity index (χ3n) is 6.06. The van der Waals surface area contributed by atoms with Crippen LogP contribution in [0.3, 0.4) is 0 Å². The Morgan fingerprint density at radius 3 is 2.57 bits per heavy atom. The van der Waals surface area contributed by atoms with Crippen LogP contribution in [-0.4, -0.2) is 40.5 Å². The molecular formula is C27H26N4O4. The Labute approximate surface area is 201 Å². The summed E-state index contributed by atoms with van der Waals surface area (Å²) in [5, 5.41) is 5.40. The molecule has 0 radical (unpaired) electrons. The van der Waals surface area contributed by atoms with Crippen molar-refractivity contribution in [3.63, 3.8) is 0 Å². The fourth-order valence-corrected chi connectivity index (χ4v) is 4.22. The van der Waals surface area contributed by atoms with Crippen LogP contribution in [0.5, 0.6) is 5.75 Å². The minimum Gasteiger partial charge on any atom is -0.495 e. The summed E-state index contributed by atoms with van der Waals surface area (Å²) < 4.78 is 11.5. The van der Waals surface area contributed by atoms with Crippen molar-refractivity contribution in [2.75, 3.05) is 19.0 Å². The zero-order valence-corrected chi connectivity index (χ0v) is 19.8. The average molecular weight is 471 g/mol. The van der Waals surface area contributed by atoms with Crippen molar-refractivity contribution >= 4 is 44.4 Å². The van der Waals surface area contributed by atoms with Gasteiger partial charge < -0.3 is 19.5 Å². The van der Waals surface area contributed by atoms with E-state index in [4.69, 9.17) is 9.15 Å². The molecule has 0 bridgehead atoms. The van der Waals surface area contributed by atoms with E-state index >= 15 is 0 Å². The van der Waals surface area contributed by atoms with Gasteiger partial charge in [-0.1, -0.05) is 30.3 Å². The summed E-state index contributed by atoms with van der Waals surface area (Å²) in [6, 6.07) is 18.7. The molecule has 5 rings (SSSR count). The predicted octanol–water partition coefficient (Wildman–Crippen LogP) is 4.68. The van der Waals surface area contributed by atoms with Crippen molar-refractivity contribution < 1.29 is 13.9 Å². The molecule has 0 fully saturated rings. The van der Waals surface area contributed by atoms with Crippen LogP contribution in [0, 0.1) is 0 Å². The van der Waals surface area contributed by atoms with Crippen LogP contribution in [0.1, 0.15) is 19.7 Å². The molecule has 1 amide bonds. The zero-order chi connectivity index (χ0) is 24.5. The van der Waals surface area contributed by atoms with Crippen molar-refractivity contribution in [3.8, 4) is 5.75 Å². The summed E-state index contributed by atoms with van der Waals surface area (Å²) >= 11 is 0. The van der Waals surface area contributed by atoms with Crippen LogP contribution in [0.2, 0.25) is 0 Å². The Hall–Kier alpha value is -4.17. The van der Waals surface area contributed by atoms with Crippen LogP contribution in [0.15, 0.2) is 69.9 Å². The molecule has 8 nitrogen and oxygen atoms in total. The molecular weight excluding hydrogens is 444 g/mol. The van der Waals surface area contributed by atoms with Crippen molar-refractivity contribution in [1.29, 1.82) is 0 Å². The highest BCUT2D eigenvalue weighted by Crippen LogP contribution is 2.36. The standard InChI is InChI=1S/C27H26N4O4/c1-16(2)31(14-25-28-20-10-6-4-9-18(20)27(33)30-25)15-26(32)29-21-13-23-19(12-24(21)34-3)17-8-5-7-11-22(17)35-23/h4-13,16H,14-15H2,1-3H3,(H,29,32)(H,28,30,33). The number of amides is 1. The lowest BCUT2D eigenvalue weighted by Crippen LogP contribution is -2.38. The lowest BCUT2D eigenvalue weighted by atomic mass is 10.1. The molecule has 0 saturated carbocycles. The van der Waals surface area contributed by atoms with Gasteiger partial charge in [0.25, 0.3) is 5.56 Å². The maximum Gasteiger partial charge on any atom is 0.258 e. The molecule has 2 heterocycles. The maximum atomic E-state index is 13.0. The molecule has 0 unspecified atom stereocenters. The molecule has 35 heavy (non-hydrogen) atoms. The molecule has 0 aliphatic rings. The first-order chi connectivity index (χ1) is 16.9. The number of carbonyl (C=O) groups excluding carboxylic acids is 1. The van der Waals surface area contributed by atoms with Crippen molar-refractivity contribution in [2.45, 2.75) is 26.4 Å². The number of H-pyrrole nitrogens is 1. The number of nitrogens with one attached hydrogen (secondary N) is 2. The number of para-hydroxylation sites is 2. The van der Waals surface area contributed by atoms with Crippen LogP contribution in [-0.2, 0) is 11.3 Å². The highest BCUT2D eigenvalue weighted by Gasteiger charge is 2.19. The third kappa shape index (κ3) is 4.48. The van der Waals surface area contributed by atoms with Gasteiger partial charge in [0.15, 0.2) is 0 Å². The summed E-state index contributed by atoms with van der Waals surface area (Å²) in [6.07, 6.45) is 0. The number of aromatic nitrogens is 2. The van der Waals surface area contributed by atoms with Gasteiger partial charge in [-0.15, -0.1) is 0 Å². The largest absolute Gasteiger partial charge is 0.495 e. The first-order valence-corrected chi connectivity index (χ1v) is 11.4. The van der Waals surface area contributed by atoms with Gasteiger partial charge in [0.2, 0.25) is 5.91 Å². The molecule has 0 atom stereocenters. The summed E-state index contributed by atoms with van der Waals surface area (Å²) in [4.78, 5) is 34.8. The Morgan fingerprint density at radius 2 is 1.80 bits per heavy atom. The maximum absolute atomic E-state index is 13.0. The van der Waals surface area contributed by atoms with E-state index in [2.05, 4.69) is 15.3 Å². The predicted molar refractivity (Wildman–Crippen MR) is 137 cm³/mol. The van der Waals surface area contributed by atoms with Crippen molar-refractivity contribution in [3.05, 3.63) is 76.8 Å². The smallest absolute Gasteiger partial charge is 0.258 e. The van der Waals surface area contributed by atoms with Gasteiger partial charge in [-0.2, -0.15) is 0 Å². The number of nitrogens with zero attached hydrogens (tertiary/aromatic N) is 2. The molecule has 8 heteroatoms. The van der Waals surface area contributed by atoms with Gasteiger partial charge in [-0.05, 0) is 38.1 Å². The summed E-state index contributed by atoms with van der Waals surface area (Å²) in [6.45, 7) is 4.42. The first kappa shape index (κ1) is 22.6. The number of fused-ring (bicyclic) bond motifs is 4. The zero-order valence-electron chi connectivity index (χ0n) is 19.8. The van der Waals surface area contributed by atoms with Crippen LogP contribution in [0.25, 0.3) is 32.8 Å². The van der Waals surface area contributed by atoms with E-state index in [1.807, 2.05) is 55.1 Å². The van der Waals surface area contributed by atoms with Crippen LogP contribution < -0.4 is 15.6 Å². The van der Waals surface area contributed by atoms with E-state index in [1.54, 1.807) is 31.4 Å². The first-order valence-electron chi connectivity index (χ1n) is 11.4. The molecule has 2 aromatic heterocycles. The number of ether oxygens (including phenoxy) is 1. The number of benzene rings is 3. The van der Waals surface area contributed by atoms with Gasteiger partial charge in [0.05, 0.1) is 36.8 Å². The molecule has 0 aliphatic carbocycles. The van der Waals surface area contributed by atoms with E-state index in [9.17, 15) is 9.59 Å². The number of rotatable bonds is 7. The monoisotopic (exact) mass is 470 g/mol. The molecule has 3 aromatic carbocycles. The van der Waals surface area contributed by atoms with Crippen molar-refractivity contribution in [1.82, 2.24) is 14.9 Å². The van der Waals surface area contributed by atoms with Gasteiger partial charge in [-0.3, -0.25) is 14.5 Å². The fourth-order valence-electron chi connectivity index (χ4n) is 4.22. The van der Waals surface area contributed by atoms with E-state index in [0.29, 0.717) is 40.3 Å². The molecule has 0 spiro atoms. The normalized spacial score (nSPS) is 11.7. The number of hydrogen-bond acceptors (Lipinski definition) is 6. The summed E-state index contributed by atoms with van der Waals surface area (Å²) in [5.41, 5.74) is 2.41. The highest BCUT2D eigenvalue weighted by molar-refractivity contribution is 6.07. The van der Waals surface area contributed by atoms with E-state index in [-0.39, 0.29) is 24.1 Å². The number of aromatic amines is 1. The van der Waals surface area contributed by atoms with Crippen molar-refractivity contribution in [2.24, 2.45) is 0 Å². The Kier molecular flexibility index (Phi) is 5.96. The van der Waals surface area contributed by atoms with E-state index in [1.165, 1.54) is 0 Å². The SMILES string of the molecule is COc1cc2c(cc1NC(=O)CN(Cc1nc3ccccc3c(=O)[nH]1)C(C)C)oc1ccccc12. The molecule has 2 N–H and O–H groups in total. The molecule has 0 saturated heterocycles.